The number of likely N-dealkylation sites (tertiary alicyclic amines) is 1. The van der Waals surface area contributed by atoms with Gasteiger partial charge in [-0.1, -0.05) is 0 Å². The van der Waals surface area contributed by atoms with Crippen LogP contribution in [0, 0.1) is 0 Å². The highest BCUT2D eigenvalue weighted by molar-refractivity contribution is 5.78. The summed E-state index contributed by atoms with van der Waals surface area (Å²) in [6.45, 7) is -0.399. The van der Waals surface area contributed by atoms with Crippen molar-refractivity contribution in [2.75, 3.05) is 33.2 Å². The number of aliphatic hydroxyl groups excluding tert-OH is 1. The first-order valence-corrected chi connectivity index (χ1v) is 4.99. The van der Waals surface area contributed by atoms with Gasteiger partial charge >= 0.3 is 6.18 Å². The third-order valence-corrected chi connectivity index (χ3v) is 2.45. The second-order valence-corrected chi connectivity index (χ2v) is 4.04. The highest BCUT2D eigenvalue weighted by atomic mass is 19.4. The van der Waals surface area contributed by atoms with Gasteiger partial charge in [0.05, 0.1) is 12.6 Å². The Balaban J connectivity index is 2.34. The normalized spacial score (nSPS) is 22.4. The number of aliphatic hydroxyl groups is 1. The highest BCUT2D eigenvalue weighted by Crippen LogP contribution is 2.16. The predicted octanol–water partition coefficient (Wildman–Crippen LogP) is 0.0737. The molecule has 4 nitrogen and oxygen atoms in total. The third kappa shape index (κ3) is 4.36. The molecule has 0 radical (unpaired) electrons. The molecule has 1 heterocycles. The van der Waals surface area contributed by atoms with E-state index in [1.165, 1.54) is 0 Å². The van der Waals surface area contributed by atoms with Crippen LogP contribution in [0.2, 0.25) is 0 Å². The van der Waals surface area contributed by atoms with Crippen LogP contribution < -0.4 is 0 Å². The van der Waals surface area contributed by atoms with Crippen molar-refractivity contribution < 1.29 is 23.1 Å². The summed E-state index contributed by atoms with van der Waals surface area (Å²) in [5, 5.41) is 9.19. The van der Waals surface area contributed by atoms with Crippen LogP contribution in [0.3, 0.4) is 0 Å². The van der Waals surface area contributed by atoms with Gasteiger partial charge in [0.25, 0.3) is 0 Å². The largest absolute Gasteiger partial charge is 0.406 e. The van der Waals surface area contributed by atoms with E-state index in [0.29, 0.717) is 24.4 Å². The summed E-state index contributed by atoms with van der Waals surface area (Å²) < 4.78 is 36.0. The van der Waals surface area contributed by atoms with E-state index in [9.17, 15) is 23.1 Å². The number of carbonyl (C=O) groups is 1. The predicted molar refractivity (Wildman–Crippen MR) is 50.8 cm³/mol. The molecule has 0 aromatic rings. The van der Waals surface area contributed by atoms with Gasteiger partial charge in [0.15, 0.2) is 0 Å². The number of β-amino-alcohol motifs (C(OH)–C–C–N with tert-alkyl or cyclic N) is 1. The second kappa shape index (κ2) is 5.01. The second-order valence-electron chi connectivity index (χ2n) is 4.04. The molecule has 1 aliphatic rings. The molecule has 7 heteroatoms. The zero-order valence-corrected chi connectivity index (χ0v) is 9.00. The molecule has 1 rings (SSSR count). The molecule has 0 unspecified atom stereocenters. The highest BCUT2D eigenvalue weighted by Gasteiger charge is 2.32. The lowest BCUT2D eigenvalue weighted by Gasteiger charge is -2.22. The first-order valence-electron chi connectivity index (χ1n) is 4.99. The van der Waals surface area contributed by atoms with Gasteiger partial charge in [0.1, 0.15) is 6.54 Å². The average Bonchev–Trinajstić information content (AvgIpc) is 2.48. The van der Waals surface area contributed by atoms with E-state index in [4.69, 9.17) is 0 Å². The fourth-order valence-corrected chi connectivity index (χ4v) is 1.62. The summed E-state index contributed by atoms with van der Waals surface area (Å²) >= 11 is 0. The van der Waals surface area contributed by atoms with Gasteiger partial charge in [-0.2, -0.15) is 13.2 Å². The first-order chi connectivity index (χ1) is 7.28. The van der Waals surface area contributed by atoms with Gasteiger partial charge in [-0.25, -0.2) is 0 Å². The minimum absolute atomic E-state index is 0.0658. The summed E-state index contributed by atoms with van der Waals surface area (Å²) in [5.41, 5.74) is 0. The molecule has 94 valence electrons. The van der Waals surface area contributed by atoms with Crippen molar-refractivity contribution in [3.63, 3.8) is 0 Å². The lowest BCUT2D eigenvalue weighted by Crippen LogP contribution is -2.41. The Morgan fingerprint density at radius 3 is 2.62 bits per heavy atom. The van der Waals surface area contributed by atoms with E-state index < -0.39 is 24.7 Å². The topological polar surface area (TPSA) is 43.8 Å². The van der Waals surface area contributed by atoms with Crippen molar-refractivity contribution in [2.45, 2.75) is 18.7 Å². The van der Waals surface area contributed by atoms with Crippen LogP contribution in [0.4, 0.5) is 13.2 Å². The number of rotatable bonds is 3. The lowest BCUT2D eigenvalue weighted by atomic mass is 10.3. The van der Waals surface area contributed by atoms with E-state index in [-0.39, 0.29) is 6.54 Å². The van der Waals surface area contributed by atoms with E-state index in [2.05, 4.69) is 0 Å². The van der Waals surface area contributed by atoms with Crippen molar-refractivity contribution in [2.24, 2.45) is 0 Å². The van der Waals surface area contributed by atoms with E-state index in [0.717, 1.165) is 7.05 Å². The van der Waals surface area contributed by atoms with Crippen LogP contribution in [0.1, 0.15) is 6.42 Å². The first kappa shape index (κ1) is 13.2. The van der Waals surface area contributed by atoms with E-state index in [1.807, 2.05) is 0 Å². The standard InChI is InChI=1S/C9H15F3N2O2/c1-13(6-9(10,11)12)8(16)5-14-3-2-7(15)4-14/h7,15H,2-6H2,1H3/t7-/m1/s1. The van der Waals surface area contributed by atoms with Crippen molar-refractivity contribution >= 4 is 5.91 Å². The molecule has 0 aliphatic carbocycles. The average molecular weight is 240 g/mol. The Bertz CT molecular complexity index is 258. The van der Waals surface area contributed by atoms with Crippen LogP contribution in [-0.2, 0) is 4.79 Å². The Hall–Kier alpha value is -0.820. The molecule has 1 atom stereocenters. The van der Waals surface area contributed by atoms with Crippen LogP contribution in [0.15, 0.2) is 0 Å². The van der Waals surface area contributed by atoms with Crippen molar-refractivity contribution in [3.05, 3.63) is 0 Å². The summed E-state index contributed by atoms with van der Waals surface area (Å²) in [6, 6.07) is 0. The summed E-state index contributed by atoms with van der Waals surface area (Å²) in [7, 11) is 1.13. The van der Waals surface area contributed by atoms with Crippen LogP contribution in [0.5, 0.6) is 0 Å². The molecule has 1 fully saturated rings. The van der Waals surface area contributed by atoms with Gasteiger partial charge in [-0.05, 0) is 6.42 Å². The Morgan fingerprint density at radius 1 is 1.56 bits per heavy atom. The van der Waals surface area contributed by atoms with Gasteiger partial charge in [0.2, 0.25) is 5.91 Å². The molecular formula is C9H15F3N2O2. The van der Waals surface area contributed by atoms with Crippen LogP contribution >= 0.6 is 0 Å². The minimum Gasteiger partial charge on any atom is -0.392 e. The zero-order valence-electron chi connectivity index (χ0n) is 9.00. The van der Waals surface area contributed by atoms with Gasteiger partial charge < -0.3 is 10.0 Å². The molecule has 0 aromatic carbocycles. The molecular weight excluding hydrogens is 225 g/mol. The molecule has 1 amide bonds. The molecule has 1 saturated heterocycles. The molecule has 16 heavy (non-hydrogen) atoms. The van der Waals surface area contributed by atoms with Crippen LogP contribution in [0.25, 0.3) is 0 Å². The van der Waals surface area contributed by atoms with E-state index in [1.54, 1.807) is 4.90 Å². The van der Waals surface area contributed by atoms with Gasteiger partial charge in [0, 0.05) is 20.1 Å². The zero-order chi connectivity index (χ0) is 12.3. The number of hydrogen-bond donors (Lipinski definition) is 1. The molecule has 0 spiro atoms. The third-order valence-electron chi connectivity index (χ3n) is 2.45. The summed E-state index contributed by atoms with van der Waals surface area (Å²) in [6.07, 6.45) is -4.27. The van der Waals surface area contributed by atoms with Crippen LogP contribution in [-0.4, -0.2) is 66.3 Å². The number of alkyl halides is 3. The van der Waals surface area contributed by atoms with E-state index >= 15 is 0 Å². The fourth-order valence-electron chi connectivity index (χ4n) is 1.62. The Kier molecular flexibility index (Phi) is 4.15. The van der Waals surface area contributed by atoms with Crippen molar-refractivity contribution in [1.29, 1.82) is 0 Å². The minimum atomic E-state index is -4.37. The summed E-state index contributed by atoms with van der Waals surface area (Å²) in [5.74, 6) is -0.577. The molecule has 0 saturated carbocycles. The monoisotopic (exact) mass is 240 g/mol. The number of amides is 1. The number of halogens is 3. The lowest BCUT2D eigenvalue weighted by molar-refractivity contribution is -0.158. The molecule has 0 aromatic heterocycles. The Labute approximate surface area is 91.6 Å². The number of likely N-dealkylation sites (N-methyl/N-ethyl adjacent to an activating group) is 1. The maximum absolute atomic E-state index is 12.0. The Morgan fingerprint density at radius 2 is 2.19 bits per heavy atom. The fraction of sp³-hybridized carbons (Fsp3) is 0.889. The van der Waals surface area contributed by atoms with Gasteiger partial charge in [-0.15, -0.1) is 0 Å². The smallest absolute Gasteiger partial charge is 0.392 e. The van der Waals surface area contributed by atoms with Crippen molar-refractivity contribution in [3.8, 4) is 0 Å². The SMILES string of the molecule is CN(CC(F)(F)F)C(=O)CN1CC[C@@H](O)C1. The van der Waals surface area contributed by atoms with Crippen molar-refractivity contribution in [1.82, 2.24) is 9.80 Å². The quantitative estimate of drug-likeness (QED) is 0.759. The number of hydrogen-bond acceptors (Lipinski definition) is 3. The molecule has 1 N–H and O–H groups in total. The maximum atomic E-state index is 12.0. The number of carbonyl (C=O) groups excluding carboxylic acids is 1. The number of nitrogens with zero attached hydrogens (tertiary/aromatic N) is 2. The maximum Gasteiger partial charge on any atom is 0.406 e. The summed E-state index contributed by atoms with van der Waals surface area (Å²) in [4.78, 5) is 13.7. The molecule has 0 bridgehead atoms. The van der Waals surface area contributed by atoms with Gasteiger partial charge in [-0.3, -0.25) is 9.69 Å². The molecule has 1 aliphatic heterocycles.